The zero-order chi connectivity index (χ0) is 12.8. The normalized spacial score (nSPS) is 10.1. The van der Waals surface area contributed by atoms with E-state index in [1.807, 2.05) is 0 Å². The number of halogens is 1. The van der Waals surface area contributed by atoms with Gasteiger partial charge in [0.2, 0.25) is 0 Å². The van der Waals surface area contributed by atoms with Crippen molar-refractivity contribution in [3.05, 3.63) is 23.3 Å². The van der Waals surface area contributed by atoms with Crippen molar-refractivity contribution >= 4 is 16.8 Å². The van der Waals surface area contributed by atoms with Crippen LogP contribution in [0.5, 0.6) is 11.5 Å². The fourth-order valence-corrected chi connectivity index (χ4v) is 1.81. The minimum Gasteiger partial charge on any atom is -0.496 e. The summed E-state index contributed by atoms with van der Waals surface area (Å²) < 4.78 is 10.6. The molecule has 0 unspecified atom stereocenters. The standard InChI is InChI=1S/C13H17ClO3/c1-4-5-6-10-11(16-2)7-9(13(14)15)8-12(10)17-3/h7-8H,4-6H2,1-3H3. The molecule has 0 radical (unpaired) electrons. The van der Waals surface area contributed by atoms with Crippen molar-refractivity contribution in [2.24, 2.45) is 0 Å². The van der Waals surface area contributed by atoms with Gasteiger partial charge in [0.1, 0.15) is 11.5 Å². The second kappa shape index (κ2) is 6.50. The topological polar surface area (TPSA) is 35.5 Å². The highest BCUT2D eigenvalue weighted by atomic mass is 35.5. The highest BCUT2D eigenvalue weighted by Crippen LogP contribution is 2.32. The quantitative estimate of drug-likeness (QED) is 0.732. The fourth-order valence-electron chi connectivity index (χ4n) is 1.70. The predicted octanol–water partition coefficient (Wildman–Crippen LogP) is 3.43. The van der Waals surface area contributed by atoms with Gasteiger partial charge >= 0.3 is 0 Å². The third kappa shape index (κ3) is 3.37. The average molecular weight is 257 g/mol. The van der Waals surface area contributed by atoms with Gasteiger partial charge in [-0.3, -0.25) is 4.79 Å². The molecule has 94 valence electrons. The van der Waals surface area contributed by atoms with Gasteiger partial charge in [0.05, 0.1) is 14.2 Å². The van der Waals surface area contributed by atoms with Crippen molar-refractivity contribution in [3.8, 4) is 11.5 Å². The molecule has 0 aliphatic rings. The molecule has 1 rings (SSSR count). The third-order valence-corrected chi connectivity index (χ3v) is 2.83. The van der Waals surface area contributed by atoms with Crippen LogP contribution in [0.15, 0.2) is 12.1 Å². The number of benzene rings is 1. The predicted molar refractivity (Wildman–Crippen MR) is 68.3 cm³/mol. The summed E-state index contributed by atoms with van der Waals surface area (Å²) in [6.07, 6.45) is 2.99. The van der Waals surface area contributed by atoms with Gasteiger partial charge in [0.15, 0.2) is 0 Å². The summed E-state index contributed by atoms with van der Waals surface area (Å²) in [7, 11) is 3.15. The van der Waals surface area contributed by atoms with Crippen molar-refractivity contribution in [1.29, 1.82) is 0 Å². The molecule has 0 aromatic heterocycles. The number of carbonyl (C=O) groups is 1. The number of carbonyl (C=O) groups excluding carboxylic acids is 1. The van der Waals surface area contributed by atoms with Crippen molar-refractivity contribution in [1.82, 2.24) is 0 Å². The van der Waals surface area contributed by atoms with Gasteiger partial charge < -0.3 is 9.47 Å². The molecular formula is C13H17ClO3. The summed E-state index contributed by atoms with van der Waals surface area (Å²) >= 11 is 5.47. The zero-order valence-corrected chi connectivity index (χ0v) is 11.1. The molecule has 3 nitrogen and oxygen atoms in total. The Morgan fingerprint density at radius 2 is 1.76 bits per heavy atom. The smallest absolute Gasteiger partial charge is 0.252 e. The lowest BCUT2D eigenvalue weighted by molar-refractivity contribution is 0.108. The highest BCUT2D eigenvalue weighted by molar-refractivity contribution is 6.67. The molecule has 4 heteroatoms. The Hall–Kier alpha value is -1.22. The van der Waals surface area contributed by atoms with E-state index in [2.05, 4.69) is 6.92 Å². The minimum absolute atomic E-state index is 0.389. The SMILES string of the molecule is CCCCc1c(OC)cc(C(=O)Cl)cc1OC. The number of ether oxygens (including phenoxy) is 2. The van der Waals surface area contributed by atoms with Gasteiger partial charge in [-0.15, -0.1) is 0 Å². The molecule has 1 aromatic rings. The Kier molecular flexibility index (Phi) is 5.29. The van der Waals surface area contributed by atoms with Crippen LogP contribution in [0.25, 0.3) is 0 Å². The Labute approximate surface area is 107 Å². The highest BCUT2D eigenvalue weighted by Gasteiger charge is 2.14. The monoisotopic (exact) mass is 256 g/mol. The molecule has 0 saturated heterocycles. The first-order valence-corrected chi connectivity index (χ1v) is 5.96. The maximum atomic E-state index is 11.2. The van der Waals surface area contributed by atoms with Gasteiger partial charge in [-0.05, 0) is 36.6 Å². The molecule has 0 aliphatic heterocycles. The largest absolute Gasteiger partial charge is 0.496 e. The van der Waals surface area contributed by atoms with Crippen LogP contribution < -0.4 is 9.47 Å². The molecule has 0 fully saturated rings. The van der Waals surface area contributed by atoms with Crippen molar-refractivity contribution < 1.29 is 14.3 Å². The Morgan fingerprint density at radius 1 is 1.24 bits per heavy atom. The molecule has 0 aliphatic carbocycles. The number of unbranched alkanes of at least 4 members (excludes halogenated alkanes) is 1. The summed E-state index contributed by atoms with van der Waals surface area (Å²) in [5.41, 5.74) is 1.37. The number of hydrogen-bond acceptors (Lipinski definition) is 3. The molecule has 0 spiro atoms. The van der Waals surface area contributed by atoms with Crippen LogP contribution in [-0.2, 0) is 6.42 Å². The molecule has 0 saturated carbocycles. The first kappa shape index (κ1) is 13.8. The third-order valence-electron chi connectivity index (χ3n) is 2.62. The second-order valence-electron chi connectivity index (χ2n) is 3.74. The molecule has 0 N–H and O–H groups in total. The molecule has 0 amide bonds. The Balaban J connectivity index is 3.21. The van der Waals surface area contributed by atoms with E-state index in [0.29, 0.717) is 17.1 Å². The molecule has 17 heavy (non-hydrogen) atoms. The summed E-state index contributed by atoms with van der Waals surface area (Å²) in [5.74, 6) is 1.31. The van der Waals surface area contributed by atoms with E-state index in [4.69, 9.17) is 21.1 Å². The summed E-state index contributed by atoms with van der Waals surface area (Å²) in [6.45, 7) is 2.12. The van der Waals surface area contributed by atoms with E-state index in [1.165, 1.54) is 0 Å². The van der Waals surface area contributed by atoms with Gasteiger partial charge in [0, 0.05) is 11.1 Å². The van der Waals surface area contributed by atoms with Crippen LogP contribution in [0.3, 0.4) is 0 Å². The van der Waals surface area contributed by atoms with Gasteiger partial charge in [-0.25, -0.2) is 0 Å². The van der Waals surface area contributed by atoms with E-state index >= 15 is 0 Å². The summed E-state index contributed by atoms with van der Waals surface area (Å²) in [4.78, 5) is 11.2. The first-order chi connectivity index (χ1) is 8.13. The average Bonchev–Trinajstić information content (AvgIpc) is 2.34. The lowest BCUT2D eigenvalue weighted by atomic mass is 10.0. The van der Waals surface area contributed by atoms with Crippen molar-refractivity contribution in [2.45, 2.75) is 26.2 Å². The van der Waals surface area contributed by atoms with Crippen LogP contribution in [-0.4, -0.2) is 19.5 Å². The maximum absolute atomic E-state index is 11.2. The number of hydrogen-bond donors (Lipinski definition) is 0. The van der Waals surface area contributed by atoms with Gasteiger partial charge in [-0.2, -0.15) is 0 Å². The molecule has 0 atom stereocenters. The second-order valence-corrected chi connectivity index (χ2v) is 4.08. The molecule has 1 aromatic carbocycles. The molecule has 0 heterocycles. The fraction of sp³-hybridized carbons (Fsp3) is 0.462. The van der Waals surface area contributed by atoms with E-state index in [9.17, 15) is 4.79 Å². The lowest BCUT2D eigenvalue weighted by Gasteiger charge is -2.14. The summed E-state index contributed by atoms with van der Waals surface area (Å²) in [5, 5.41) is -0.511. The van der Waals surface area contributed by atoms with Crippen LogP contribution >= 0.6 is 11.6 Å². The lowest BCUT2D eigenvalue weighted by Crippen LogP contribution is -2.00. The summed E-state index contributed by atoms with van der Waals surface area (Å²) in [6, 6.07) is 3.31. The Bertz CT molecular complexity index is 377. The van der Waals surface area contributed by atoms with E-state index in [-0.39, 0.29) is 0 Å². The van der Waals surface area contributed by atoms with E-state index in [1.54, 1.807) is 26.4 Å². The zero-order valence-electron chi connectivity index (χ0n) is 10.4. The maximum Gasteiger partial charge on any atom is 0.252 e. The Morgan fingerprint density at radius 3 is 2.12 bits per heavy atom. The first-order valence-electron chi connectivity index (χ1n) is 5.58. The van der Waals surface area contributed by atoms with Crippen LogP contribution in [0.2, 0.25) is 0 Å². The van der Waals surface area contributed by atoms with Crippen LogP contribution in [0.4, 0.5) is 0 Å². The molecular weight excluding hydrogens is 240 g/mol. The van der Waals surface area contributed by atoms with E-state index < -0.39 is 5.24 Å². The van der Waals surface area contributed by atoms with Crippen molar-refractivity contribution in [3.63, 3.8) is 0 Å². The van der Waals surface area contributed by atoms with E-state index in [0.717, 1.165) is 24.8 Å². The molecule has 0 bridgehead atoms. The number of rotatable bonds is 6. The van der Waals surface area contributed by atoms with Crippen LogP contribution in [0, 0.1) is 0 Å². The number of methoxy groups -OCH3 is 2. The van der Waals surface area contributed by atoms with Gasteiger partial charge in [0.25, 0.3) is 5.24 Å². The van der Waals surface area contributed by atoms with Crippen LogP contribution in [0.1, 0.15) is 35.7 Å². The minimum atomic E-state index is -0.511. The van der Waals surface area contributed by atoms with Gasteiger partial charge in [-0.1, -0.05) is 13.3 Å². The van der Waals surface area contributed by atoms with Crippen molar-refractivity contribution in [2.75, 3.05) is 14.2 Å².